The quantitative estimate of drug-likeness (QED) is 0.763. The number of ether oxygens (including phenoxy) is 1. The molecule has 1 rings (SSSR count). The van der Waals surface area contributed by atoms with Crippen molar-refractivity contribution >= 4 is 17.5 Å². The Bertz CT molecular complexity index is 422. The summed E-state index contributed by atoms with van der Waals surface area (Å²) in [5.41, 5.74) is 7.58. The number of benzene rings is 1. The average Bonchev–Trinajstić information content (AvgIpc) is 2.18. The van der Waals surface area contributed by atoms with E-state index in [9.17, 15) is 4.79 Å². The third-order valence-electron chi connectivity index (χ3n) is 2.26. The van der Waals surface area contributed by atoms with E-state index in [0.29, 0.717) is 5.69 Å². The smallest absolute Gasteiger partial charge is 0.414 e. The van der Waals surface area contributed by atoms with E-state index in [1.165, 1.54) is 4.90 Å². The molecule has 0 unspecified atom stereocenters. The number of nitrogens with zero attached hydrogens (tertiary/aromatic N) is 1. The van der Waals surface area contributed by atoms with Crippen molar-refractivity contribution < 1.29 is 9.53 Å². The first kappa shape index (κ1) is 13.4. The maximum atomic E-state index is 11.9. The van der Waals surface area contributed by atoms with Crippen LogP contribution in [0.25, 0.3) is 0 Å². The third kappa shape index (κ3) is 3.66. The van der Waals surface area contributed by atoms with Crippen LogP contribution in [-0.4, -0.2) is 18.7 Å². The molecule has 0 radical (unpaired) electrons. The standard InChI is InChI=1S/C13H20N2O2/c1-9-6-7-10(14)8-11(9)15(5)12(16)17-13(2,3)4/h6-8H,14H2,1-5H3. The molecule has 94 valence electrons. The van der Waals surface area contributed by atoms with Crippen LogP contribution >= 0.6 is 0 Å². The molecule has 0 spiro atoms. The molecule has 0 heterocycles. The van der Waals surface area contributed by atoms with Crippen LogP contribution in [0.4, 0.5) is 16.2 Å². The van der Waals surface area contributed by atoms with Crippen LogP contribution in [0.2, 0.25) is 0 Å². The van der Waals surface area contributed by atoms with Crippen LogP contribution in [0, 0.1) is 6.92 Å². The van der Waals surface area contributed by atoms with Gasteiger partial charge in [0.2, 0.25) is 0 Å². The molecule has 0 atom stereocenters. The molecule has 0 aliphatic heterocycles. The van der Waals surface area contributed by atoms with Gasteiger partial charge in [0.15, 0.2) is 0 Å². The molecule has 1 aromatic rings. The SMILES string of the molecule is Cc1ccc(N)cc1N(C)C(=O)OC(C)(C)C. The van der Waals surface area contributed by atoms with Gasteiger partial charge in [-0.1, -0.05) is 6.07 Å². The van der Waals surface area contributed by atoms with Crippen molar-refractivity contribution in [3.8, 4) is 0 Å². The molecule has 0 aliphatic rings. The van der Waals surface area contributed by atoms with E-state index in [-0.39, 0.29) is 6.09 Å². The molecule has 0 aromatic heterocycles. The van der Waals surface area contributed by atoms with Crippen LogP contribution in [0.1, 0.15) is 26.3 Å². The molecule has 4 heteroatoms. The molecule has 0 bridgehead atoms. The summed E-state index contributed by atoms with van der Waals surface area (Å²) in [5, 5.41) is 0. The van der Waals surface area contributed by atoms with Crippen LogP contribution in [0.5, 0.6) is 0 Å². The summed E-state index contributed by atoms with van der Waals surface area (Å²) in [6, 6.07) is 5.45. The zero-order valence-electron chi connectivity index (χ0n) is 11.1. The number of anilines is 2. The number of hydrogen-bond acceptors (Lipinski definition) is 3. The summed E-state index contributed by atoms with van der Waals surface area (Å²) < 4.78 is 5.29. The minimum absolute atomic E-state index is 0.383. The Balaban J connectivity index is 2.92. The first-order chi connectivity index (χ1) is 7.70. The molecule has 17 heavy (non-hydrogen) atoms. The van der Waals surface area contributed by atoms with Crippen LogP contribution in [0.3, 0.4) is 0 Å². The van der Waals surface area contributed by atoms with E-state index < -0.39 is 5.60 Å². The number of nitrogens with two attached hydrogens (primary N) is 1. The number of aryl methyl sites for hydroxylation is 1. The number of carbonyl (C=O) groups excluding carboxylic acids is 1. The van der Waals surface area contributed by atoms with E-state index in [2.05, 4.69) is 0 Å². The van der Waals surface area contributed by atoms with Gasteiger partial charge in [0.05, 0.1) is 5.69 Å². The maximum absolute atomic E-state index is 11.9. The highest BCUT2D eigenvalue weighted by atomic mass is 16.6. The van der Waals surface area contributed by atoms with Gasteiger partial charge >= 0.3 is 6.09 Å². The van der Waals surface area contributed by atoms with E-state index in [1.54, 1.807) is 13.1 Å². The molecule has 0 saturated carbocycles. The molecule has 0 aliphatic carbocycles. The van der Waals surface area contributed by atoms with Crippen LogP contribution in [0.15, 0.2) is 18.2 Å². The van der Waals surface area contributed by atoms with Crippen molar-refractivity contribution in [2.45, 2.75) is 33.3 Å². The second-order valence-corrected chi connectivity index (χ2v) is 5.09. The van der Waals surface area contributed by atoms with E-state index >= 15 is 0 Å². The lowest BCUT2D eigenvalue weighted by atomic mass is 10.1. The fourth-order valence-electron chi connectivity index (χ4n) is 1.42. The zero-order chi connectivity index (χ0) is 13.2. The molecule has 1 aromatic carbocycles. The average molecular weight is 236 g/mol. The number of carbonyl (C=O) groups is 1. The Morgan fingerprint density at radius 2 is 1.94 bits per heavy atom. The van der Waals surface area contributed by atoms with E-state index in [0.717, 1.165) is 11.3 Å². The van der Waals surface area contributed by atoms with Gasteiger partial charge in [-0.05, 0) is 45.4 Å². The number of rotatable bonds is 1. The lowest BCUT2D eigenvalue weighted by molar-refractivity contribution is 0.0589. The minimum atomic E-state index is -0.500. The summed E-state index contributed by atoms with van der Waals surface area (Å²) >= 11 is 0. The molecule has 4 nitrogen and oxygen atoms in total. The van der Waals surface area contributed by atoms with Gasteiger partial charge in [0.1, 0.15) is 5.60 Å². The summed E-state index contributed by atoms with van der Waals surface area (Å²) in [5.74, 6) is 0. The monoisotopic (exact) mass is 236 g/mol. The fourth-order valence-corrected chi connectivity index (χ4v) is 1.42. The lowest BCUT2D eigenvalue weighted by Gasteiger charge is -2.25. The van der Waals surface area contributed by atoms with Crippen LogP contribution in [-0.2, 0) is 4.74 Å². The van der Waals surface area contributed by atoms with Gasteiger partial charge in [-0.25, -0.2) is 4.79 Å². The van der Waals surface area contributed by atoms with Gasteiger partial charge in [0, 0.05) is 12.7 Å². The van der Waals surface area contributed by atoms with Crippen molar-refractivity contribution in [2.24, 2.45) is 0 Å². The van der Waals surface area contributed by atoms with E-state index in [4.69, 9.17) is 10.5 Å². The first-order valence-corrected chi connectivity index (χ1v) is 5.53. The summed E-state index contributed by atoms with van der Waals surface area (Å²) in [7, 11) is 1.68. The highest BCUT2D eigenvalue weighted by Crippen LogP contribution is 2.23. The Morgan fingerprint density at radius 1 is 1.35 bits per heavy atom. The lowest BCUT2D eigenvalue weighted by Crippen LogP contribution is -2.34. The van der Waals surface area contributed by atoms with Crippen molar-refractivity contribution in [1.29, 1.82) is 0 Å². The zero-order valence-corrected chi connectivity index (χ0v) is 11.1. The normalized spacial score (nSPS) is 11.1. The highest BCUT2D eigenvalue weighted by Gasteiger charge is 2.21. The minimum Gasteiger partial charge on any atom is -0.443 e. The summed E-state index contributed by atoms with van der Waals surface area (Å²) in [4.78, 5) is 13.4. The van der Waals surface area contributed by atoms with Crippen molar-refractivity contribution in [1.82, 2.24) is 0 Å². The molecular formula is C13H20N2O2. The number of amides is 1. The second-order valence-electron chi connectivity index (χ2n) is 5.09. The predicted molar refractivity (Wildman–Crippen MR) is 70.2 cm³/mol. The van der Waals surface area contributed by atoms with Gasteiger partial charge in [-0.15, -0.1) is 0 Å². The largest absolute Gasteiger partial charge is 0.443 e. The van der Waals surface area contributed by atoms with Crippen molar-refractivity contribution in [3.63, 3.8) is 0 Å². The van der Waals surface area contributed by atoms with Crippen LogP contribution < -0.4 is 10.6 Å². The summed E-state index contributed by atoms with van der Waals surface area (Å²) in [6.07, 6.45) is -0.383. The first-order valence-electron chi connectivity index (χ1n) is 5.53. The molecular weight excluding hydrogens is 216 g/mol. The van der Waals surface area contributed by atoms with Crippen molar-refractivity contribution in [2.75, 3.05) is 17.7 Å². The number of hydrogen-bond donors (Lipinski definition) is 1. The Morgan fingerprint density at radius 3 is 2.47 bits per heavy atom. The fraction of sp³-hybridized carbons (Fsp3) is 0.462. The van der Waals surface area contributed by atoms with Crippen molar-refractivity contribution in [3.05, 3.63) is 23.8 Å². The third-order valence-corrected chi connectivity index (χ3v) is 2.26. The molecule has 2 N–H and O–H groups in total. The molecule has 0 fully saturated rings. The molecule has 1 amide bonds. The number of nitrogen functional groups attached to an aromatic ring is 1. The Kier molecular flexibility index (Phi) is 3.66. The topological polar surface area (TPSA) is 55.6 Å². The van der Waals surface area contributed by atoms with Gasteiger partial charge in [0.25, 0.3) is 0 Å². The van der Waals surface area contributed by atoms with Gasteiger partial charge in [-0.2, -0.15) is 0 Å². The van der Waals surface area contributed by atoms with Gasteiger partial charge < -0.3 is 10.5 Å². The van der Waals surface area contributed by atoms with E-state index in [1.807, 2.05) is 39.8 Å². The summed E-state index contributed by atoms with van der Waals surface area (Å²) in [6.45, 7) is 7.44. The van der Waals surface area contributed by atoms with Gasteiger partial charge in [-0.3, -0.25) is 4.90 Å². The maximum Gasteiger partial charge on any atom is 0.414 e. The molecule has 0 saturated heterocycles. The Hall–Kier alpha value is -1.71. The predicted octanol–water partition coefficient (Wildman–Crippen LogP) is 2.95. The second kappa shape index (κ2) is 4.65. The Labute approximate surface area is 102 Å². The highest BCUT2D eigenvalue weighted by molar-refractivity contribution is 5.89.